The molecule has 1 fully saturated rings. The Hall–Kier alpha value is -1.90. The molecule has 3 rings (SSSR count). The minimum atomic E-state index is -0.821. The molecule has 3 heteroatoms. The molecule has 1 saturated carbocycles. The van der Waals surface area contributed by atoms with Gasteiger partial charge in [-0.15, -0.1) is 0 Å². The maximum Gasteiger partial charge on any atom is 0.307 e. The lowest BCUT2D eigenvalue weighted by Gasteiger charge is -2.56. The molecule has 146 valence electrons. The van der Waals surface area contributed by atoms with E-state index in [-0.39, 0.29) is 17.3 Å². The molecule has 27 heavy (non-hydrogen) atoms. The molecular formula is C24H32O3. The summed E-state index contributed by atoms with van der Waals surface area (Å²) in [7, 11) is 0. The zero-order valence-corrected chi connectivity index (χ0v) is 17.0. The topological polar surface area (TPSA) is 43.4 Å². The molecular weight excluding hydrogens is 336 g/mol. The fourth-order valence-corrected chi connectivity index (χ4v) is 5.71. The third-order valence-corrected chi connectivity index (χ3v) is 7.18. The molecule has 3 nitrogen and oxygen atoms in total. The Balaban J connectivity index is 1.77. The van der Waals surface area contributed by atoms with Crippen LogP contribution in [0.1, 0.15) is 71.5 Å². The molecule has 1 aromatic carbocycles. The molecule has 2 aliphatic carbocycles. The van der Waals surface area contributed by atoms with Gasteiger partial charge < -0.3 is 4.74 Å². The highest BCUT2D eigenvalue weighted by Crippen LogP contribution is 2.60. The Morgan fingerprint density at radius 1 is 1.22 bits per heavy atom. The number of carbonyl (C=O) groups excluding carboxylic acids is 2. The molecule has 0 radical (unpaired) electrons. The van der Waals surface area contributed by atoms with Crippen LogP contribution in [0.15, 0.2) is 42.0 Å². The van der Waals surface area contributed by atoms with E-state index in [1.165, 1.54) is 18.4 Å². The number of fused-ring (bicyclic) bond motifs is 1. The molecule has 0 spiro atoms. The highest BCUT2D eigenvalue weighted by molar-refractivity contribution is 5.74. The fraction of sp³-hybridized carbons (Fsp3) is 0.583. The average Bonchev–Trinajstić information content (AvgIpc) is 2.63. The van der Waals surface area contributed by atoms with Gasteiger partial charge in [0, 0.05) is 0 Å². The van der Waals surface area contributed by atoms with E-state index in [2.05, 4.69) is 33.8 Å². The molecule has 0 heterocycles. The molecule has 0 aromatic heterocycles. The van der Waals surface area contributed by atoms with Crippen molar-refractivity contribution in [3.63, 3.8) is 0 Å². The van der Waals surface area contributed by atoms with Crippen molar-refractivity contribution in [3.05, 3.63) is 47.5 Å². The second-order valence-corrected chi connectivity index (χ2v) is 9.30. The monoisotopic (exact) mass is 368 g/mol. The van der Waals surface area contributed by atoms with E-state index in [0.29, 0.717) is 24.0 Å². The Kier molecular flexibility index (Phi) is 5.60. The molecule has 0 saturated heterocycles. The van der Waals surface area contributed by atoms with Gasteiger partial charge in [-0.25, -0.2) is 0 Å². The van der Waals surface area contributed by atoms with Crippen molar-refractivity contribution in [3.8, 4) is 0 Å². The summed E-state index contributed by atoms with van der Waals surface area (Å²) in [6, 6.07) is 9.22. The second kappa shape index (κ2) is 7.61. The first-order valence-corrected chi connectivity index (χ1v) is 10.1. The third-order valence-electron chi connectivity index (χ3n) is 7.18. The SMILES string of the molecule is CC1=CCC2C(C)(C)CCC[C@]2(C)C1CC(=O)OC(C=O)c1ccccc1. The number of carbonyl (C=O) groups is 2. The number of aldehydes is 1. The van der Waals surface area contributed by atoms with Crippen molar-refractivity contribution >= 4 is 12.3 Å². The molecule has 0 bridgehead atoms. The number of hydrogen-bond donors (Lipinski definition) is 0. The van der Waals surface area contributed by atoms with Gasteiger partial charge in [0.2, 0.25) is 0 Å². The van der Waals surface area contributed by atoms with Gasteiger partial charge in [0.05, 0.1) is 6.42 Å². The van der Waals surface area contributed by atoms with Crippen LogP contribution in [-0.4, -0.2) is 12.3 Å². The maximum atomic E-state index is 12.8. The first kappa shape index (κ1) is 19.9. The molecule has 0 amide bonds. The van der Waals surface area contributed by atoms with Crippen LogP contribution in [-0.2, 0) is 14.3 Å². The van der Waals surface area contributed by atoms with Crippen LogP contribution >= 0.6 is 0 Å². The largest absolute Gasteiger partial charge is 0.450 e. The van der Waals surface area contributed by atoms with Crippen LogP contribution in [0.4, 0.5) is 0 Å². The maximum absolute atomic E-state index is 12.8. The smallest absolute Gasteiger partial charge is 0.307 e. The first-order chi connectivity index (χ1) is 12.8. The van der Waals surface area contributed by atoms with Crippen molar-refractivity contribution < 1.29 is 14.3 Å². The van der Waals surface area contributed by atoms with Gasteiger partial charge in [0.25, 0.3) is 0 Å². The summed E-state index contributed by atoms with van der Waals surface area (Å²) in [6.07, 6.45) is 7.28. The van der Waals surface area contributed by atoms with Crippen LogP contribution in [0.3, 0.4) is 0 Å². The van der Waals surface area contributed by atoms with Crippen molar-refractivity contribution in [2.45, 2.75) is 65.9 Å². The Morgan fingerprint density at radius 3 is 2.59 bits per heavy atom. The van der Waals surface area contributed by atoms with Gasteiger partial charge in [-0.2, -0.15) is 0 Å². The highest BCUT2D eigenvalue weighted by atomic mass is 16.5. The number of hydrogen-bond acceptors (Lipinski definition) is 3. The van der Waals surface area contributed by atoms with Gasteiger partial charge in [0.1, 0.15) is 0 Å². The van der Waals surface area contributed by atoms with Crippen LogP contribution in [0, 0.1) is 22.7 Å². The van der Waals surface area contributed by atoms with Crippen LogP contribution < -0.4 is 0 Å². The van der Waals surface area contributed by atoms with Crippen LogP contribution in [0.25, 0.3) is 0 Å². The molecule has 0 aliphatic heterocycles. The number of allylic oxidation sites excluding steroid dienone is 2. The zero-order valence-electron chi connectivity index (χ0n) is 17.0. The molecule has 2 aliphatic rings. The van der Waals surface area contributed by atoms with E-state index >= 15 is 0 Å². The van der Waals surface area contributed by atoms with E-state index in [1.54, 1.807) is 0 Å². The number of rotatable bonds is 5. The molecule has 4 atom stereocenters. The lowest BCUT2D eigenvalue weighted by molar-refractivity contribution is -0.155. The average molecular weight is 369 g/mol. The minimum Gasteiger partial charge on any atom is -0.450 e. The van der Waals surface area contributed by atoms with Crippen molar-refractivity contribution in [1.82, 2.24) is 0 Å². The van der Waals surface area contributed by atoms with Crippen LogP contribution in [0.2, 0.25) is 0 Å². The number of ether oxygens (including phenoxy) is 1. The molecule has 3 unspecified atom stereocenters. The summed E-state index contributed by atoms with van der Waals surface area (Å²) < 4.78 is 5.58. The number of benzene rings is 1. The summed E-state index contributed by atoms with van der Waals surface area (Å²) in [6.45, 7) is 9.25. The lowest BCUT2D eigenvalue weighted by atomic mass is 9.48. The summed E-state index contributed by atoms with van der Waals surface area (Å²) in [4.78, 5) is 24.3. The summed E-state index contributed by atoms with van der Waals surface area (Å²) in [5.74, 6) is 0.488. The first-order valence-electron chi connectivity index (χ1n) is 10.1. The van der Waals surface area contributed by atoms with E-state index < -0.39 is 6.10 Å². The van der Waals surface area contributed by atoms with Crippen molar-refractivity contribution in [2.75, 3.05) is 0 Å². The Labute approximate surface area is 163 Å². The van der Waals surface area contributed by atoms with E-state index in [1.807, 2.05) is 30.3 Å². The van der Waals surface area contributed by atoms with E-state index in [4.69, 9.17) is 4.74 Å². The standard InChI is InChI=1S/C24H32O3/c1-17-11-12-21-23(2,3)13-8-14-24(21,4)19(17)15-22(26)27-20(16-25)18-9-6-5-7-10-18/h5-7,9-11,16,19-21H,8,12-15H2,1-4H3/t19?,20?,21?,24-/m1/s1. The van der Waals surface area contributed by atoms with Gasteiger partial charge in [-0.05, 0) is 54.4 Å². The van der Waals surface area contributed by atoms with Gasteiger partial charge in [-0.3, -0.25) is 9.59 Å². The van der Waals surface area contributed by atoms with Gasteiger partial charge >= 0.3 is 5.97 Å². The lowest BCUT2D eigenvalue weighted by Crippen LogP contribution is -2.49. The van der Waals surface area contributed by atoms with Crippen molar-refractivity contribution in [1.29, 1.82) is 0 Å². The summed E-state index contributed by atoms with van der Waals surface area (Å²) >= 11 is 0. The van der Waals surface area contributed by atoms with Gasteiger partial charge in [-0.1, -0.05) is 69.2 Å². The normalized spacial score (nSPS) is 30.6. The summed E-state index contributed by atoms with van der Waals surface area (Å²) in [5.41, 5.74) is 2.43. The quantitative estimate of drug-likeness (QED) is 0.383. The van der Waals surface area contributed by atoms with E-state index in [0.717, 1.165) is 18.4 Å². The van der Waals surface area contributed by atoms with Crippen LogP contribution in [0.5, 0.6) is 0 Å². The van der Waals surface area contributed by atoms with Gasteiger partial charge in [0.15, 0.2) is 12.4 Å². The second-order valence-electron chi connectivity index (χ2n) is 9.30. The Bertz CT molecular complexity index is 718. The third kappa shape index (κ3) is 3.88. The molecule has 0 N–H and O–H groups in total. The fourth-order valence-electron chi connectivity index (χ4n) is 5.71. The summed E-state index contributed by atoms with van der Waals surface area (Å²) in [5, 5.41) is 0. The number of esters is 1. The van der Waals surface area contributed by atoms with E-state index in [9.17, 15) is 9.59 Å². The van der Waals surface area contributed by atoms with Crippen molar-refractivity contribution in [2.24, 2.45) is 22.7 Å². The zero-order chi connectivity index (χ0) is 19.7. The Morgan fingerprint density at radius 2 is 1.93 bits per heavy atom. The predicted octanol–water partition coefficient (Wildman–Crippen LogP) is 5.66. The minimum absolute atomic E-state index is 0.114. The predicted molar refractivity (Wildman–Crippen MR) is 107 cm³/mol. The highest BCUT2D eigenvalue weighted by Gasteiger charge is 2.52. The molecule has 1 aromatic rings.